The van der Waals surface area contributed by atoms with Crippen LogP contribution in [0.1, 0.15) is 29.5 Å². The second kappa shape index (κ2) is 10.7. The highest BCUT2D eigenvalue weighted by atomic mass is 16.2. The third kappa shape index (κ3) is 6.56. The van der Waals surface area contributed by atoms with E-state index in [9.17, 15) is 9.59 Å². The van der Waals surface area contributed by atoms with E-state index < -0.39 is 0 Å². The normalized spacial score (nSPS) is 15.0. The average Bonchev–Trinajstić information content (AvgIpc) is 2.77. The monoisotopic (exact) mass is 405 g/mol. The zero-order valence-corrected chi connectivity index (χ0v) is 17.9. The van der Waals surface area contributed by atoms with Crippen LogP contribution in [0.25, 0.3) is 6.08 Å². The van der Waals surface area contributed by atoms with E-state index in [1.165, 1.54) is 5.56 Å². The smallest absolute Gasteiger partial charge is 0.246 e. The fourth-order valence-corrected chi connectivity index (χ4v) is 3.66. The Labute approximate surface area is 179 Å². The lowest BCUT2D eigenvalue weighted by molar-refractivity contribution is -0.132. The number of rotatable bonds is 7. The van der Waals surface area contributed by atoms with Gasteiger partial charge in [-0.1, -0.05) is 54.6 Å². The molecule has 1 heterocycles. The molecule has 0 atom stereocenters. The molecular formula is C25H31N3O2. The first kappa shape index (κ1) is 21.8. The van der Waals surface area contributed by atoms with Crippen molar-refractivity contribution >= 4 is 17.9 Å². The molecule has 0 aliphatic carbocycles. The summed E-state index contributed by atoms with van der Waals surface area (Å²) in [6.45, 7) is 2.69. The number of nitrogens with one attached hydrogen (secondary N) is 1. The molecule has 0 aromatic heterocycles. The zero-order valence-electron chi connectivity index (χ0n) is 17.9. The van der Waals surface area contributed by atoms with Gasteiger partial charge in [-0.15, -0.1) is 0 Å². The van der Waals surface area contributed by atoms with Gasteiger partial charge in [0.1, 0.15) is 0 Å². The molecule has 1 saturated heterocycles. The number of hydrogen-bond donors (Lipinski definition) is 1. The lowest BCUT2D eigenvalue weighted by Gasteiger charge is -2.30. The van der Waals surface area contributed by atoms with Gasteiger partial charge < -0.3 is 15.1 Å². The van der Waals surface area contributed by atoms with Crippen LogP contribution in [-0.2, 0) is 22.7 Å². The quantitative estimate of drug-likeness (QED) is 0.719. The van der Waals surface area contributed by atoms with Crippen LogP contribution in [-0.4, -0.2) is 48.8 Å². The summed E-state index contributed by atoms with van der Waals surface area (Å²) >= 11 is 0. The van der Waals surface area contributed by atoms with E-state index >= 15 is 0 Å². The molecule has 0 spiro atoms. The largest absolute Gasteiger partial charge is 0.352 e. The molecule has 30 heavy (non-hydrogen) atoms. The van der Waals surface area contributed by atoms with Gasteiger partial charge in [0, 0.05) is 38.2 Å². The van der Waals surface area contributed by atoms with Crippen molar-refractivity contribution in [3.8, 4) is 0 Å². The molecule has 0 bridgehead atoms. The fourth-order valence-electron chi connectivity index (χ4n) is 3.66. The van der Waals surface area contributed by atoms with Gasteiger partial charge in [-0.25, -0.2) is 0 Å². The number of amides is 2. The molecule has 1 aliphatic heterocycles. The summed E-state index contributed by atoms with van der Waals surface area (Å²) in [6.07, 6.45) is 4.87. The number of carbonyl (C=O) groups is 2. The SMILES string of the molecule is CN(C)Cc1ccc(CNC(=O)C2CCN(C(=O)/C=C\c3ccccc3)CC2)cc1. The van der Waals surface area contributed by atoms with Crippen molar-refractivity contribution in [3.05, 3.63) is 77.4 Å². The van der Waals surface area contributed by atoms with Gasteiger partial charge in [-0.3, -0.25) is 9.59 Å². The Kier molecular flexibility index (Phi) is 7.80. The predicted octanol–water partition coefficient (Wildman–Crippen LogP) is 3.32. The van der Waals surface area contributed by atoms with Gasteiger partial charge in [0.25, 0.3) is 0 Å². The van der Waals surface area contributed by atoms with Crippen molar-refractivity contribution in [2.45, 2.75) is 25.9 Å². The van der Waals surface area contributed by atoms with Gasteiger partial charge in [0.2, 0.25) is 11.8 Å². The standard InChI is InChI=1S/C25H31N3O2/c1-27(2)19-22-10-8-21(9-11-22)18-26-25(30)23-14-16-28(17-15-23)24(29)13-12-20-6-4-3-5-7-20/h3-13,23H,14-19H2,1-2H3,(H,26,30)/b13-12-. The van der Waals surface area contributed by atoms with Crippen LogP contribution in [0.15, 0.2) is 60.7 Å². The summed E-state index contributed by atoms with van der Waals surface area (Å²) < 4.78 is 0. The average molecular weight is 406 g/mol. The highest BCUT2D eigenvalue weighted by Crippen LogP contribution is 2.18. The number of benzene rings is 2. The van der Waals surface area contributed by atoms with Crippen molar-refractivity contribution in [2.75, 3.05) is 27.2 Å². The first-order valence-corrected chi connectivity index (χ1v) is 10.5. The topological polar surface area (TPSA) is 52.7 Å². The number of hydrogen-bond acceptors (Lipinski definition) is 3. The molecule has 158 valence electrons. The highest BCUT2D eigenvalue weighted by Gasteiger charge is 2.26. The summed E-state index contributed by atoms with van der Waals surface area (Å²) in [5, 5.41) is 3.05. The zero-order chi connectivity index (χ0) is 21.3. The van der Waals surface area contributed by atoms with E-state index in [-0.39, 0.29) is 17.7 Å². The molecule has 5 heteroatoms. The summed E-state index contributed by atoms with van der Waals surface area (Å²) in [4.78, 5) is 28.9. The van der Waals surface area contributed by atoms with Crippen LogP contribution >= 0.6 is 0 Å². The van der Waals surface area contributed by atoms with Crippen molar-refractivity contribution in [1.82, 2.24) is 15.1 Å². The number of nitrogens with zero attached hydrogens (tertiary/aromatic N) is 2. The minimum absolute atomic E-state index is 0.00975. The van der Waals surface area contributed by atoms with E-state index in [1.807, 2.05) is 55.4 Å². The second-order valence-electron chi connectivity index (χ2n) is 8.12. The van der Waals surface area contributed by atoms with Crippen LogP contribution < -0.4 is 5.32 Å². The molecule has 2 aromatic carbocycles. The van der Waals surface area contributed by atoms with Crippen molar-refractivity contribution in [3.63, 3.8) is 0 Å². The summed E-state index contributed by atoms with van der Waals surface area (Å²) in [6, 6.07) is 18.1. The van der Waals surface area contributed by atoms with Gasteiger partial charge >= 0.3 is 0 Å². The number of piperidine rings is 1. The van der Waals surface area contributed by atoms with Crippen LogP contribution in [0.2, 0.25) is 0 Å². The third-order valence-electron chi connectivity index (χ3n) is 5.38. The molecule has 0 saturated carbocycles. The molecule has 0 radical (unpaired) electrons. The number of carbonyl (C=O) groups excluding carboxylic acids is 2. The van der Waals surface area contributed by atoms with Gasteiger partial charge in [-0.2, -0.15) is 0 Å². The molecule has 2 aromatic rings. The van der Waals surface area contributed by atoms with E-state index in [4.69, 9.17) is 0 Å². The Balaban J connectivity index is 1.41. The van der Waals surface area contributed by atoms with E-state index in [1.54, 1.807) is 6.08 Å². The van der Waals surface area contributed by atoms with Gasteiger partial charge in [0.15, 0.2) is 0 Å². The Hall–Kier alpha value is -2.92. The summed E-state index contributed by atoms with van der Waals surface area (Å²) in [5.74, 6) is 0.0648. The molecule has 1 fully saturated rings. The Bertz CT molecular complexity index is 852. The van der Waals surface area contributed by atoms with Gasteiger partial charge in [-0.05, 0) is 49.7 Å². The molecule has 5 nitrogen and oxygen atoms in total. The molecule has 3 rings (SSSR count). The van der Waals surface area contributed by atoms with E-state index in [0.717, 1.165) is 17.7 Å². The van der Waals surface area contributed by atoms with Crippen molar-refractivity contribution in [1.29, 1.82) is 0 Å². The first-order chi connectivity index (χ1) is 14.5. The maximum absolute atomic E-state index is 12.5. The van der Waals surface area contributed by atoms with Crippen LogP contribution in [0.3, 0.4) is 0 Å². The molecule has 1 aliphatic rings. The highest BCUT2D eigenvalue weighted by molar-refractivity contribution is 5.92. The van der Waals surface area contributed by atoms with E-state index in [2.05, 4.69) is 34.5 Å². The molecule has 2 amide bonds. The number of likely N-dealkylation sites (tertiary alicyclic amines) is 1. The fraction of sp³-hybridized carbons (Fsp3) is 0.360. The van der Waals surface area contributed by atoms with E-state index in [0.29, 0.717) is 32.5 Å². The lowest BCUT2D eigenvalue weighted by Crippen LogP contribution is -2.42. The minimum Gasteiger partial charge on any atom is -0.352 e. The van der Waals surface area contributed by atoms with Gasteiger partial charge in [0.05, 0.1) is 0 Å². The minimum atomic E-state index is -0.0276. The Morgan fingerprint density at radius 3 is 2.27 bits per heavy atom. The van der Waals surface area contributed by atoms with Crippen LogP contribution in [0.5, 0.6) is 0 Å². The lowest BCUT2D eigenvalue weighted by atomic mass is 9.95. The van der Waals surface area contributed by atoms with Crippen molar-refractivity contribution in [2.24, 2.45) is 5.92 Å². The predicted molar refractivity (Wildman–Crippen MR) is 120 cm³/mol. The molecule has 0 unspecified atom stereocenters. The first-order valence-electron chi connectivity index (χ1n) is 10.5. The third-order valence-corrected chi connectivity index (χ3v) is 5.38. The Morgan fingerprint density at radius 1 is 1.00 bits per heavy atom. The van der Waals surface area contributed by atoms with Crippen molar-refractivity contribution < 1.29 is 9.59 Å². The molecular weight excluding hydrogens is 374 g/mol. The van der Waals surface area contributed by atoms with Crippen LogP contribution in [0.4, 0.5) is 0 Å². The maximum Gasteiger partial charge on any atom is 0.246 e. The Morgan fingerprint density at radius 2 is 1.63 bits per heavy atom. The summed E-state index contributed by atoms with van der Waals surface area (Å²) in [5.41, 5.74) is 3.37. The van der Waals surface area contributed by atoms with Crippen LogP contribution in [0, 0.1) is 5.92 Å². The second-order valence-corrected chi connectivity index (χ2v) is 8.12. The molecule has 1 N–H and O–H groups in total. The summed E-state index contributed by atoms with van der Waals surface area (Å²) in [7, 11) is 4.10. The maximum atomic E-state index is 12.5.